The van der Waals surface area contributed by atoms with E-state index >= 15 is 0 Å². The second-order valence-electron chi connectivity index (χ2n) is 7.12. The quantitative estimate of drug-likeness (QED) is 0.301. The minimum Gasteiger partial charge on any atom is -0.496 e. The molecule has 4 rings (SSSR count). The van der Waals surface area contributed by atoms with Crippen LogP contribution < -0.4 is 15.0 Å². The molecule has 0 bridgehead atoms. The molecule has 0 saturated heterocycles. The smallest absolute Gasteiger partial charge is 0.270 e. The van der Waals surface area contributed by atoms with Crippen LogP contribution in [0.15, 0.2) is 82.7 Å². The van der Waals surface area contributed by atoms with E-state index in [9.17, 15) is 10.1 Å². The first-order chi connectivity index (χ1) is 16.1. The Morgan fingerprint density at radius 2 is 1.70 bits per heavy atom. The van der Waals surface area contributed by atoms with Crippen LogP contribution in [0, 0.1) is 11.3 Å². The van der Waals surface area contributed by atoms with E-state index in [1.807, 2.05) is 60.9 Å². The lowest BCUT2D eigenvalue weighted by atomic mass is 10.0. The molecule has 33 heavy (non-hydrogen) atoms. The summed E-state index contributed by atoms with van der Waals surface area (Å²) in [6, 6.07) is 25.4. The maximum absolute atomic E-state index is 12.3. The van der Waals surface area contributed by atoms with Gasteiger partial charge in [-0.3, -0.25) is 4.79 Å². The Hall–Kier alpha value is -4.02. The molecule has 6 nitrogen and oxygen atoms in total. The van der Waals surface area contributed by atoms with E-state index in [2.05, 4.69) is 22.1 Å². The summed E-state index contributed by atoms with van der Waals surface area (Å²) >= 11 is 1.30. The summed E-state index contributed by atoms with van der Waals surface area (Å²) < 4.78 is 11.5. The van der Waals surface area contributed by atoms with Gasteiger partial charge in [0.1, 0.15) is 29.7 Å². The number of nitrogens with zero attached hydrogens (tertiary/aromatic N) is 2. The Bertz CT molecular complexity index is 1360. The molecule has 0 aliphatic rings. The molecule has 3 aromatic carbocycles. The molecule has 164 valence electrons. The van der Waals surface area contributed by atoms with Gasteiger partial charge in [0.15, 0.2) is 5.16 Å². The normalized spacial score (nSPS) is 10.5. The van der Waals surface area contributed by atoms with Crippen LogP contribution in [0.25, 0.3) is 22.4 Å². The van der Waals surface area contributed by atoms with Crippen LogP contribution in [0.2, 0.25) is 0 Å². The average Bonchev–Trinajstić information content (AvgIpc) is 2.87. The number of hydrogen-bond donors (Lipinski definition) is 1. The lowest BCUT2D eigenvalue weighted by Gasteiger charge is -2.13. The first-order valence-corrected chi connectivity index (χ1v) is 11.4. The fraction of sp³-hybridized carbons (Fsp3) is 0.115. The molecule has 0 fully saturated rings. The van der Waals surface area contributed by atoms with Crippen molar-refractivity contribution in [1.29, 1.82) is 5.26 Å². The number of rotatable bonds is 7. The summed E-state index contributed by atoms with van der Waals surface area (Å²) in [5, 5.41) is 9.93. The van der Waals surface area contributed by atoms with Crippen LogP contribution in [0.4, 0.5) is 0 Å². The number of methoxy groups -OCH3 is 1. The molecule has 0 aliphatic carbocycles. The van der Waals surface area contributed by atoms with Gasteiger partial charge in [-0.25, -0.2) is 4.98 Å². The highest BCUT2D eigenvalue weighted by Crippen LogP contribution is 2.29. The fourth-order valence-corrected chi connectivity index (χ4v) is 3.81. The van der Waals surface area contributed by atoms with Crippen LogP contribution >= 0.6 is 11.8 Å². The monoisotopic (exact) mass is 455 g/mol. The van der Waals surface area contributed by atoms with Crippen LogP contribution in [0.1, 0.15) is 11.1 Å². The van der Waals surface area contributed by atoms with Gasteiger partial charge >= 0.3 is 0 Å². The number of hydrogen-bond acceptors (Lipinski definition) is 6. The van der Waals surface area contributed by atoms with Crippen molar-refractivity contribution in [2.75, 3.05) is 13.4 Å². The molecule has 0 aliphatic heterocycles. The molecular formula is C26H21N3O3S. The summed E-state index contributed by atoms with van der Waals surface area (Å²) in [4.78, 5) is 19.4. The van der Waals surface area contributed by atoms with E-state index in [4.69, 9.17) is 9.47 Å². The topological polar surface area (TPSA) is 88.0 Å². The van der Waals surface area contributed by atoms with Crippen molar-refractivity contribution in [3.05, 3.63) is 94.3 Å². The fourth-order valence-electron chi connectivity index (χ4n) is 3.44. The summed E-state index contributed by atoms with van der Waals surface area (Å²) in [6.45, 7) is 0.252. The Balaban J connectivity index is 1.61. The molecule has 7 heteroatoms. The third-order valence-corrected chi connectivity index (χ3v) is 5.69. The second-order valence-corrected chi connectivity index (χ2v) is 7.91. The van der Waals surface area contributed by atoms with E-state index in [0.717, 1.165) is 22.4 Å². The summed E-state index contributed by atoms with van der Waals surface area (Å²) in [5.74, 6) is 1.37. The van der Waals surface area contributed by atoms with E-state index in [1.54, 1.807) is 19.2 Å². The minimum atomic E-state index is -0.459. The molecule has 0 saturated carbocycles. The molecule has 0 spiro atoms. The SMILES string of the molecule is COc1ccc(-c2nc(SC)[nH]c(=O)c2C#N)cc1COc1ccc(-c2ccccc2)cc1. The van der Waals surface area contributed by atoms with Crippen molar-refractivity contribution in [3.63, 3.8) is 0 Å². The zero-order chi connectivity index (χ0) is 23.2. The zero-order valence-electron chi connectivity index (χ0n) is 18.2. The molecule has 1 N–H and O–H groups in total. The molecule has 1 heterocycles. The second kappa shape index (κ2) is 10.1. The average molecular weight is 456 g/mol. The Morgan fingerprint density at radius 3 is 2.36 bits per heavy atom. The zero-order valence-corrected chi connectivity index (χ0v) is 19.0. The Kier molecular flexibility index (Phi) is 6.77. The molecule has 1 aromatic heterocycles. The predicted molar refractivity (Wildman–Crippen MR) is 130 cm³/mol. The largest absolute Gasteiger partial charge is 0.496 e. The predicted octanol–water partition coefficient (Wildman–Crippen LogP) is 5.29. The van der Waals surface area contributed by atoms with E-state index in [0.29, 0.717) is 22.2 Å². The Morgan fingerprint density at radius 1 is 1.00 bits per heavy atom. The van der Waals surface area contributed by atoms with Crippen LogP contribution in [-0.4, -0.2) is 23.3 Å². The molecule has 4 aromatic rings. The molecular weight excluding hydrogens is 434 g/mol. The number of H-pyrrole nitrogens is 1. The molecule has 0 atom stereocenters. The number of nitriles is 1. The Labute approximate surface area is 195 Å². The van der Waals surface area contributed by atoms with Gasteiger partial charge < -0.3 is 14.5 Å². The van der Waals surface area contributed by atoms with Crippen LogP contribution in [0.5, 0.6) is 11.5 Å². The highest BCUT2D eigenvalue weighted by atomic mass is 32.2. The highest BCUT2D eigenvalue weighted by molar-refractivity contribution is 7.98. The van der Waals surface area contributed by atoms with Crippen molar-refractivity contribution in [1.82, 2.24) is 9.97 Å². The first kappa shape index (κ1) is 22.2. The van der Waals surface area contributed by atoms with Gasteiger partial charge in [0.2, 0.25) is 0 Å². The highest BCUT2D eigenvalue weighted by Gasteiger charge is 2.15. The third-order valence-electron chi connectivity index (χ3n) is 5.11. The van der Waals surface area contributed by atoms with Gasteiger partial charge in [-0.1, -0.05) is 54.2 Å². The summed E-state index contributed by atoms with van der Waals surface area (Å²) in [7, 11) is 1.59. The minimum absolute atomic E-state index is 0.0265. The van der Waals surface area contributed by atoms with Gasteiger partial charge in [-0.15, -0.1) is 0 Å². The van der Waals surface area contributed by atoms with Gasteiger partial charge in [0.25, 0.3) is 5.56 Å². The number of nitrogens with one attached hydrogen (secondary N) is 1. The lowest BCUT2D eigenvalue weighted by Crippen LogP contribution is -2.14. The van der Waals surface area contributed by atoms with E-state index in [1.165, 1.54) is 11.8 Å². The van der Waals surface area contributed by atoms with Gasteiger partial charge in [0.05, 0.1) is 12.8 Å². The number of ether oxygens (including phenoxy) is 2. The summed E-state index contributed by atoms with van der Waals surface area (Å²) in [6.07, 6.45) is 1.81. The molecule has 0 amide bonds. The van der Waals surface area contributed by atoms with E-state index < -0.39 is 5.56 Å². The third kappa shape index (κ3) is 4.92. The van der Waals surface area contributed by atoms with Gasteiger partial charge in [-0.05, 0) is 47.7 Å². The maximum Gasteiger partial charge on any atom is 0.270 e. The molecule has 0 unspecified atom stereocenters. The van der Waals surface area contributed by atoms with Crippen molar-refractivity contribution in [2.24, 2.45) is 0 Å². The van der Waals surface area contributed by atoms with E-state index in [-0.39, 0.29) is 12.2 Å². The number of aromatic amines is 1. The maximum atomic E-state index is 12.3. The van der Waals surface area contributed by atoms with Gasteiger partial charge in [0, 0.05) is 11.1 Å². The van der Waals surface area contributed by atoms with Crippen molar-refractivity contribution in [3.8, 4) is 40.0 Å². The lowest BCUT2D eigenvalue weighted by molar-refractivity contribution is 0.297. The first-order valence-electron chi connectivity index (χ1n) is 10.2. The number of benzene rings is 3. The van der Waals surface area contributed by atoms with Crippen molar-refractivity contribution in [2.45, 2.75) is 11.8 Å². The standard InChI is InChI=1S/C26H21N3O3S/c1-31-23-13-10-19(24-22(15-27)25(30)29-26(28-24)33-2)14-20(23)16-32-21-11-8-18(9-12-21)17-6-4-3-5-7-17/h3-14H,16H2,1-2H3,(H,28,29,30). The molecule has 0 radical (unpaired) electrons. The number of aromatic nitrogens is 2. The van der Waals surface area contributed by atoms with Crippen LogP contribution in [0.3, 0.4) is 0 Å². The van der Waals surface area contributed by atoms with Crippen LogP contribution in [-0.2, 0) is 6.61 Å². The number of thioether (sulfide) groups is 1. The summed E-state index contributed by atoms with van der Waals surface area (Å²) in [5.41, 5.74) is 3.52. The van der Waals surface area contributed by atoms with Crippen molar-refractivity contribution >= 4 is 11.8 Å². The van der Waals surface area contributed by atoms with Gasteiger partial charge in [-0.2, -0.15) is 5.26 Å². The van der Waals surface area contributed by atoms with Crippen molar-refractivity contribution < 1.29 is 9.47 Å².